The maximum Gasteiger partial charge on any atom is 0.237 e. The van der Waals surface area contributed by atoms with Gasteiger partial charge in [-0.15, -0.1) is 0 Å². The summed E-state index contributed by atoms with van der Waals surface area (Å²) in [5, 5.41) is 17.8. The highest BCUT2D eigenvalue weighted by Gasteiger charge is 2.51. The van der Waals surface area contributed by atoms with Crippen LogP contribution in [0.25, 0.3) is 0 Å². The summed E-state index contributed by atoms with van der Waals surface area (Å²) in [6.45, 7) is 0. The van der Waals surface area contributed by atoms with Gasteiger partial charge in [0.15, 0.2) is 17.4 Å². The van der Waals surface area contributed by atoms with Crippen LogP contribution in [0.5, 0.6) is 5.75 Å². The van der Waals surface area contributed by atoms with Crippen molar-refractivity contribution in [3.8, 4) is 5.75 Å². The Kier molecular flexibility index (Phi) is 6.79. The van der Waals surface area contributed by atoms with Crippen LogP contribution in [-0.4, -0.2) is 28.3 Å². The molecule has 8 nitrogen and oxygen atoms in total. The van der Waals surface area contributed by atoms with Crippen molar-refractivity contribution in [2.75, 3.05) is 10.6 Å². The number of carbonyl (C=O) groups excluding carboxylic acids is 3. The molecular weight excluding hydrogens is 494 g/mol. The Morgan fingerprint density at radius 1 is 1.16 bits per heavy atom. The number of phenols is 1. The number of amides is 3. The number of nitrogens with one attached hydrogen (secondary N) is 3. The molecule has 2 unspecified atom stereocenters. The van der Waals surface area contributed by atoms with E-state index in [2.05, 4.69) is 20.9 Å². The fraction of sp³-hybridized carbons (Fsp3) is 0.286. The molecule has 2 aliphatic rings. The van der Waals surface area contributed by atoms with E-state index in [1.165, 1.54) is 6.07 Å². The Morgan fingerprint density at radius 3 is 2.79 bits per heavy atom. The number of halogens is 2. The second-order valence-corrected chi connectivity index (χ2v) is 9.70. The molecule has 10 heteroatoms. The molecule has 1 aliphatic carbocycles. The largest absolute Gasteiger partial charge is 0.503 e. The van der Waals surface area contributed by atoms with Gasteiger partial charge in [-0.3, -0.25) is 14.4 Å². The minimum atomic E-state index is -1.12. The molecule has 5 rings (SSSR count). The third-order valence-electron chi connectivity index (χ3n) is 7.35. The molecule has 196 valence electrons. The van der Waals surface area contributed by atoms with Crippen LogP contribution in [0.15, 0.2) is 48.7 Å². The summed E-state index contributed by atoms with van der Waals surface area (Å²) in [4.78, 5) is 40.7. The summed E-state index contributed by atoms with van der Waals surface area (Å²) >= 11 is 0. The van der Waals surface area contributed by atoms with Crippen molar-refractivity contribution >= 4 is 29.7 Å². The number of hydrogen-bond donors (Lipinski definition) is 4. The van der Waals surface area contributed by atoms with Crippen LogP contribution in [0.3, 0.4) is 0 Å². The second kappa shape index (κ2) is 10.2. The number of carbonyl (C=O) groups is 3. The number of phenolic OH excluding ortho intramolecular Hbond substituents is 1. The highest BCUT2D eigenvalue weighted by molar-refractivity contribution is 6.06. The van der Waals surface area contributed by atoms with Crippen LogP contribution < -0.4 is 16.0 Å². The van der Waals surface area contributed by atoms with Crippen LogP contribution in [-0.2, 0) is 32.6 Å². The molecule has 0 saturated carbocycles. The molecule has 0 bridgehead atoms. The topological polar surface area (TPSA) is 120 Å². The van der Waals surface area contributed by atoms with Crippen molar-refractivity contribution in [1.29, 1.82) is 0 Å². The van der Waals surface area contributed by atoms with Crippen molar-refractivity contribution in [3.05, 3.63) is 82.5 Å². The van der Waals surface area contributed by atoms with Crippen molar-refractivity contribution < 1.29 is 28.3 Å². The second-order valence-electron chi connectivity index (χ2n) is 9.70. The lowest BCUT2D eigenvalue weighted by Crippen LogP contribution is -2.35. The van der Waals surface area contributed by atoms with Gasteiger partial charge >= 0.3 is 0 Å². The van der Waals surface area contributed by atoms with Crippen molar-refractivity contribution in [3.63, 3.8) is 0 Å². The number of nitrogens with zero attached hydrogens (tertiary/aromatic N) is 1. The first-order valence-corrected chi connectivity index (χ1v) is 12.4. The fourth-order valence-electron chi connectivity index (χ4n) is 5.44. The summed E-state index contributed by atoms with van der Waals surface area (Å²) in [6.07, 6.45) is 4.61. The van der Waals surface area contributed by atoms with Gasteiger partial charge in [0.2, 0.25) is 18.2 Å². The first-order valence-electron chi connectivity index (χ1n) is 12.4. The lowest BCUT2D eigenvalue weighted by Gasteiger charge is -2.20. The van der Waals surface area contributed by atoms with Crippen molar-refractivity contribution in [2.24, 2.45) is 0 Å². The summed E-state index contributed by atoms with van der Waals surface area (Å²) < 4.78 is 27.6. The number of aromatic hydroxyl groups is 1. The van der Waals surface area contributed by atoms with E-state index >= 15 is 0 Å². The Labute approximate surface area is 217 Å². The van der Waals surface area contributed by atoms with Crippen molar-refractivity contribution in [1.82, 2.24) is 10.3 Å². The van der Waals surface area contributed by atoms with E-state index in [1.807, 2.05) is 30.3 Å². The molecule has 0 fully saturated rings. The average Bonchev–Trinajstić information content (AvgIpc) is 3.42. The summed E-state index contributed by atoms with van der Waals surface area (Å²) in [7, 11) is 0. The molecule has 2 atom stereocenters. The van der Waals surface area contributed by atoms with E-state index in [0.717, 1.165) is 22.8 Å². The SMILES string of the molecule is O=CNC(CCCCC(=O)Nc1ccc2c(c1)CC1(C2)C(=O)Nc2ncccc21)c1ccc(F)c(O)c1F. The van der Waals surface area contributed by atoms with Gasteiger partial charge in [-0.25, -0.2) is 13.8 Å². The van der Waals surface area contributed by atoms with Gasteiger partial charge in [-0.1, -0.05) is 24.6 Å². The molecule has 1 aromatic heterocycles. The first kappa shape index (κ1) is 25.3. The number of rotatable bonds is 9. The Morgan fingerprint density at radius 2 is 1.97 bits per heavy atom. The Balaban J connectivity index is 1.16. The molecular formula is C28H26F2N4O4. The van der Waals surface area contributed by atoms with E-state index in [1.54, 1.807) is 6.20 Å². The fourth-order valence-corrected chi connectivity index (χ4v) is 5.44. The lowest BCUT2D eigenvalue weighted by atomic mass is 9.79. The molecule has 2 heterocycles. The van der Waals surface area contributed by atoms with Crippen molar-refractivity contribution in [2.45, 2.75) is 50.0 Å². The number of benzene rings is 2. The van der Waals surface area contributed by atoms with Gasteiger partial charge in [-0.2, -0.15) is 0 Å². The normalized spacial score (nSPS) is 18.0. The number of hydrogen-bond acceptors (Lipinski definition) is 5. The predicted molar refractivity (Wildman–Crippen MR) is 135 cm³/mol. The third kappa shape index (κ3) is 4.57. The number of pyridine rings is 1. The highest BCUT2D eigenvalue weighted by Crippen LogP contribution is 2.47. The quantitative estimate of drug-likeness (QED) is 0.251. The Hall–Kier alpha value is -4.34. The molecule has 0 saturated heterocycles. The van der Waals surface area contributed by atoms with Crippen LogP contribution >= 0.6 is 0 Å². The first-order chi connectivity index (χ1) is 18.3. The molecule has 1 aliphatic heterocycles. The molecule has 3 aromatic rings. The van der Waals surface area contributed by atoms with E-state index in [0.29, 0.717) is 50.0 Å². The predicted octanol–water partition coefficient (Wildman–Crippen LogP) is 4.04. The zero-order valence-electron chi connectivity index (χ0n) is 20.4. The lowest BCUT2D eigenvalue weighted by molar-refractivity contribution is -0.120. The molecule has 1 spiro atoms. The van der Waals surface area contributed by atoms with Gasteiger partial charge in [-0.05, 0) is 61.1 Å². The van der Waals surface area contributed by atoms with Gasteiger partial charge in [0.25, 0.3) is 0 Å². The zero-order valence-corrected chi connectivity index (χ0v) is 20.4. The van der Waals surface area contributed by atoms with Crippen LogP contribution in [0.4, 0.5) is 20.3 Å². The standard InChI is InChI=1S/C28H26F2N4O4/c29-21-10-9-19(24(30)25(21)37)22(32-15-35)5-1-2-6-23(36)33-18-8-7-16-13-28(14-17(16)12-18)20-4-3-11-31-26(20)34-27(28)38/h3-4,7-12,15,22,37H,1-2,5-6,13-14H2,(H,32,35)(H,33,36)(H,31,34,38). The van der Waals surface area contributed by atoms with Crippen LogP contribution in [0.1, 0.15) is 54.0 Å². The maximum atomic E-state index is 14.3. The zero-order chi connectivity index (χ0) is 26.9. The molecule has 0 radical (unpaired) electrons. The monoisotopic (exact) mass is 520 g/mol. The molecule has 4 N–H and O–H groups in total. The van der Waals surface area contributed by atoms with Crippen LogP contribution in [0.2, 0.25) is 0 Å². The van der Waals surface area contributed by atoms with E-state index in [9.17, 15) is 28.3 Å². The maximum absolute atomic E-state index is 14.3. The van der Waals surface area contributed by atoms with E-state index in [-0.39, 0.29) is 23.8 Å². The number of unbranched alkanes of at least 4 members (excludes halogenated alkanes) is 1. The van der Waals surface area contributed by atoms with Gasteiger partial charge in [0.05, 0.1) is 11.5 Å². The number of aromatic nitrogens is 1. The average molecular weight is 521 g/mol. The third-order valence-corrected chi connectivity index (χ3v) is 7.35. The minimum Gasteiger partial charge on any atom is -0.503 e. The molecule has 3 amide bonds. The summed E-state index contributed by atoms with van der Waals surface area (Å²) in [5.74, 6) is -2.95. The smallest absolute Gasteiger partial charge is 0.237 e. The summed E-state index contributed by atoms with van der Waals surface area (Å²) in [6, 6.07) is 10.8. The Bertz CT molecular complexity index is 1430. The number of anilines is 2. The van der Waals surface area contributed by atoms with Gasteiger partial charge in [0, 0.05) is 29.4 Å². The minimum absolute atomic E-state index is 0.0225. The summed E-state index contributed by atoms with van der Waals surface area (Å²) in [5.41, 5.74) is 2.89. The van der Waals surface area contributed by atoms with Gasteiger partial charge < -0.3 is 21.1 Å². The highest BCUT2D eigenvalue weighted by atomic mass is 19.1. The van der Waals surface area contributed by atoms with E-state index in [4.69, 9.17) is 0 Å². The molecule has 38 heavy (non-hydrogen) atoms. The van der Waals surface area contributed by atoms with Gasteiger partial charge in [0.1, 0.15) is 5.82 Å². The van der Waals surface area contributed by atoms with Crippen LogP contribution in [0, 0.1) is 11.6 Å². The van der Waals surface area contributed by atoms with E-state index < -0.39 is 28.8 Å². The number of fused-ring (bicyclic) bond motifs is 3. The molecule has 2 aromatic carbocycles.